The van der Waals surface area contributed by atoms with Crippen LogP contribution >= 0.6 is 0 Å². The van der Waals surface area contributed by atoms with E-state index < -0.39 is 0 Å². The van der Waals surface area contributed by atoms with Crippen LogP contribution in [0.3, 0.4) is 0 Å². The summed E-state index contributed by atoms with van der Waals surface area (Å²) in [5.74, 6) is 1.77. The molecule has 13 aromatic rings. The molecule has 13 rings (SSSR count). The lowest BCUT2D eigenvalue weighted by atomic mass is 9.94. The summed E-state index contributed by atoms with van der Waals surface area (Å²) in [6.07, 6.45) is 0. The minimum atomic E-state index is 0.578. The second-order valence-electron chi connectivity index (χ2n) is 16.0. The predicted octanol–water partition coefficient (Wildman–Crippen LogP) is 15.1. The van der Waals surface area contributed by atoms with Gasteiger partial charge in [0.2, 0.25) is 0 Å². The summed E-state index contributed by atoms with van der Waals surface area (Å²) in [5.41, 5.74) is 13.6. The molecule has 0 spiro atoms. The van der Waals surface area contributed by atoms with Crippen molar-refractivity contribution >= 4 is 65.7 Å². The number of hydrogen-bond acceptors (Lipinski definition) is 5. The van der Waals surface area contributed by atoms with Crippen LogP contribution in [0.15, 0.2) is 215 Å². The molecule has 9 aromatic carbocycles. The third-order valence-corrected chi connectivity index (χ3v) is 12.2. The van der Waals surface area contributed by atoms with E-state index in [1.807, 2.05) is 54.6 Å². The minimum absolute atomic E-state index is 0.578. The second kappa shape index (κ2) is 14.0. The zero-order valence-electron chi connectivity index (χ0n) is 33.7. The van der Waals surface area contributed by atoms with E-state index in [1.54, 1.807) is 0 Å². The topological polar surface area (TPSA) is 69.9 Å². The number of fused-ring (bicyclic) bond motifs is 9. The van der Waals surface area contributed by atoms with Gasteiger partial charge in [0.15, 0.2) is 17.5 Å². The Kier molecular flexibility index (Phi) is 7.80. The highest BCUT2D eigenvalue weighted by atomic mass is 16.3. The molecule has 0 bridgehead atoms. The van der Waals surface area contributed by atoms with Gasteiger partial charge in [-0.1, -0.05) is 127 Å². The molecule has 6 heteroatoms. The number of para-hydroxylation sites is 4. The first-order chi connectivity index (χ1) is 31.2. The molecule has 0 radical (unpaired) electrons. The fourth-order valence-electron chi connectivity index (χ4n) is 9.24. The fraction of sp³-hybridized carbons (Fsp3) is 0. The maximum atomic E-state index is 6.24. The average Bonchev–Trinajstić information content (AvgIpc) is 4.03. The summed E-state index contributed by atoms with van der Waals surface area (Å²) in [6.45, 7) is 0. The Labute approximate surface area is 361 Å². The molecule has 0 unspecified atom stereocenters. The van der Waals surface area contributed by atoms with Crippen LogP contribution in [0, 0.1) is 0 Å². The first kappa shape index (κ1) is 35.2. The molecular formula is C57H34N4O2. The molecule has 294 valence electrons. The summed E-state index contributed by atoms with van der Waals surface area (Å²) in [4.78, 5) is 15.7. The number of benzene rings is 9. The Balaban J connectivity index is 1.02. The summed E-state index contributed by atoms with van der Waals surface area (Å²) in [7, 11) is 0. The van der Waals surface area contributed by atoms with Gasteiger partial charge in [-0.2, -0.15) is 0 Å². The lowest BCUT2D eigenvalue weighted by Gasteiger charge is -2.13. The fourth-order valence-corrected chi connectivity index (χ4v) is 9.24. The van der Waals surface area contributed by atoms with E-state index in [0.717, 1.165) is 99.5 Å². The van der Waals surface area contributed by atoms with E-state index in [2.05, 4.69) is 156 Å². The second-order valence-corrected chi connectivity index (χ2v) is 16.0. The minimum Gasteiger partial charge on any atom is -0.456 e. The SMILES string of the molecule is c1ccc(-c2nc(-c3cc(-c4ccc5oc6ccccc6c5c4)cc(-c4ccc5oc6ccccc6c5c4)c3)nc(-c3cccc(-n4c5ccccc5c5ccccc54)c3)n2)cc1. The van der Waals surface area contributed by atoms with Crippen LogP contribution in [0.2, 0.25) is 0 Å². The van der Waals surface area contributed by atoms with Gasteiger partial charge >= 0.3 is 0 Å². The molecule has 0 fully saturated rings. The molecule has 0 N–H and O–H groups in total. The zero-order chi connectivity index (χ0) is 41.4. The quantitative estimate of drug-likeness (QED) is 0.167. The largest absolute Gasteiger partial charge is 0.456 e. The highest BCUT2D eigenvalue weighted by Crippen LogP contribution is 2.39. The van der Waals surface area contributed by atoms with E-state index >= 15 is 0 Å². The smallest absolute Gasteiger partial charge is 0.164 e. The lowest BCUT2D eigenvalue weighted by Crippen LogP contribution is -2.01. The van der Waals surface area contributed by atoms with Gasteiger partial charge in [0, 0.05) is 54.7 Å². The predicted molar refractivity (Wildman–Crippen MR) is 256 cm³/mol. The summed E-state index contributed by atoms with van der Waals surface area (Å²) < 4.78 is 14.8. The Morgan fingerprint density at radius 1 is 0.270 bits per heavy atom. The van der Waals surface area contributed by atoms with E-state index in [0.29, 0.717) is 17.5 Å². The van der Waals surface area contributed by atoms with Gasteiger partial charge < -0.3 is 13.4 Å². The highest BCUT2D eigenvalue weighted by molar-refractivity contribution is 6.10. The molecule has 0 atom stereocenters. The molecule has 6 nitrogen and oxygen atoms in total. The molecule has 0 aliphatic heterocycles. The highest BCUT2D eigenvalue weighted by Gasteiger charge is 2.18. The Morgan fingerprint density at radius 2 is 0.714 bits per heavy atom. The van der Waals surface area contributed by atoms with Crippen molar-refractivity contribution in [3.63, 3.8) is 0 Å². The van der Waals surface area contributed by atoms with Crippen molar-refractivity contribution in [3.8, 4) is 62.1 Å². The maximum absolute atomic E-state index is 6.24. The van der Waals surface area contributed by atoms with Crippen molar-refractivity contribution in [3.05, 3.63) is 206 Å². The molecule has 0 saturated carbocycles. The molecule has 4 aromatic heterocycles. The van der Waals surface area contributed by atoms with E-state index in [4.69, 9.17) is 23.8 Å². The lowest BCUT2D eigenvalue weighted by molar-refractivity contribution is 0.668. The molecule has 0 aliphatic rings. The van der Waals surface area contributed by atoms with Crippen molar-refractivity contribution < 1.29 is 8.83 Å². The van der Waals surface area contributed by atoms with Crippen molar-refractivity contribution in [1.29, 1.82) is 0 Å². The summed E-state index contributed by atoms with van der Waals surface area (Å²) in [6, 6.07) is 71.7. The molecular weight excluding hydrogens is 773 g/mol. The number of rotatable bonds is 6. The van der Waals surface area contributed by atoms with Gasteiger partial charge in [-0.25, -0.2) is 15.0 Å². The van der Waals surface area contributed by atoms with E-state index in [-0.39, 0.29) is 0 Å². The van der Waals surface area contributed by atoms with Crippen molar-refractivity contribution in [2.24, 2.45) is 0 Å². The Bertz CT molecular complexity index is 3750. The third-order valence-electron chi connectivity index (χ3n) is 12.2. The molecule has 0 amide bonds. The summed E-state index contributed by atoms with van der Waals surface area (Å²) in [5, 5.41) is 6.73. The van der Waals surface area contributed by atoms with Crippen LogP contribution in [0.5, 0.6) is 0 Å². The van der Waals surface area contributed by atoms with Gasteiger partial charge in [0.25, 0.3) is 0 Å². The number of nitrogens with zero attached hydrogens (tertiary/aromatic N) is 4. The number of furan rings is 2. The third kappa shape index (κ3) is 5.84. The van der Waals surface area contributed by atoms with E-state index in [9.17, 15) is 0 Å². The van der Waals surface area contributed by atoms with Crippen LogP contribution in [0.1, 0.15) is 0 Å². The standard InChI is InChI=1S/C57H34N4O2/c1-2-13-35(14-3-1)55-58-56(38-15-12-16-42(32-38)61-49-21-8-4-17-43(49)44-18-5-9-22-50(44)61)60-57(59-55)41-30-39(36-25-27-53-47(33-36)45-19-6-10-23-51(45)62-53)29-40(31-41)37-26-28-54-48(34-37)46-20-7-11-24-52(46)63-54/h1-34H. The van der Waals surface area contributed by atoms with Gasteiger partial charge in [-0.15, -0.1) is 0 Å². The van der Waals surface area contributed by atoms with Crippen LogP contribution in [-0.4, -0.2) is 19.5 Å². The average molecular weight is 807 g/mol. The van der Waals surface area contributed by atoms with Gasteiger partial charge in [-0.3, -0.25) is 0 Å². The maximum Gasteiger partial charge on any atom is 0.164 e. The van der Waals surface area contributed by atoms with Crippen LogP contribution < -0.4 is 0 Å². The normalized spacial score (nSPS) is 11.8. The monoisotopic (exact) mass is 806 g/mol. The van der Waals surface area contributed by atoms with Crippen molar-refractivity contribution in [2.45, 2.75) is 0 Å². The van der Waals surface area contributed by atoms with Gasteiger partial charge in [-0.05, 0) is 101 Å². The van der Waals surface area contributed by atoms with Crippen LogP contribution in [0.4, 0.5) is 0 Å². The van der Waals surface area contributed by atoms with E-state index in [1.165, 1.54) is 10.8 Å². The zero-order valence-corrected chi connectivity index (χ0v) is 33.7. The van der Waals surface area contributed by atoms with Crippen LogP contribution in [-0.2, 0) is 0 Å². The molecule has 4 heterocycles. The first-order valence-electron chi connectivity index (χ1n) is 21.1. The summed E-state index contributed by atoms with van der Waals surface area (Å²) >= 11 is 0. The number of hydrogen-bond donors (Lipinski definition) is 0. The molecule has 0 saturated heterocycles. The van der Waals surface area contributed by atoms with Crippen molar-refractivity contribution in [2.75, 3.05) is 0 Å². The van der Waals surface area contributed by atoms with Crippen LogP contribution in [0.25, 0.3) is 128 Å². The number of aromatic nitrogens is 4. The molecule has 63 heavy (non-hydrogen) atoms. The Morgan fingerprint density at radius 3 is 1.30 bits per heavy atom. The first-order valence-corrected chi connectivity index (χ1v) is 21.1. The van der Waals surface area contributed by atoms with Gasteiger partial charge in [0.05, 0.1) is 11.0 Å². The Hall–Kier alpha value is -8.61. The van der Waals surface area contributed by atoms with Crippen molar-refractivity contribution in [1.82, 2.24) is 19.5 Å². The van der Waals surface area contributed by atoms with Gasteiger partial charge in [0.1, 0.15) is 22.3 Å². The molecule has 0 aliphatic carbocycles.